The number of hydrogen-bond acceptors (Lipinski definition) is 7. The van der Waals surface area contributed by atoms with Gasteiger partial charge in [-0.1, -0.05) is 0 Å². The van der Waals surface area contributed by atoms with Gasteiger partial charge >= 0.3 is 0 Å². The second-order valence-corrected chi connectivity index (χ2v) is 4.66. The summed E-state index contributed by atoms with van der Waals surface area (Å²) in [6.07, 6.45) is -0.743. The zero-order chi connectivity index (χ0) is 14.3. The van der Waals surface area contributed by atoms with E-state index in [-0.39, 0.29) is 6.61 Å². The topological polar surface area (TPSA) is 113 Å². The average Bonchev–Trinajstić information content (AvgIpc) is 3.01. The molecule has 0 spiro atoms. The van der Waals surface area contributed by atoms with Gasteiger partial charge in [0.15, 0.2) is 6.23 Å². The lowest BCUT2D eigenvalue weighted by molar-refractivity contribution is -0.0508. The van der Waals surface area contributed by atoms with E-state index in [1.54, 1.807) is 23.9 Å². The highest BCUT2D eigenvalue weighted by Gasteiger charge is 2.43. The van der Waals surface area contributed by atoms with Gasteiger partial charge in [-0.2, -0.15) is 0 Å². The van der Waals surface area contributed by atoms with Crippen LogP contribution in [0.3, 0.4) is 0 Å². The summed E-state index contributed by atoms with van der Waals surface area (Å²) in [7, 11) is 1.76. The van der Waals surface area contributed by atoms with Gasteiger partial charge in [-0.3, -0.25) is 0 Å². The Labute approximate surface area is 114 Å². The number of aliphatic hydroxyl groups is 3. The molecule has 8 nitrogen and oxygen atoms in total. The number of aromatic nitrogens is 3. The zero-order valence-electron chi connectivity index (χ0n) is 10.8. The first kappa shape index (κ1) is 13.3. The van der Waals surface area contributed by atoms with Gasteiger partial charge in [0.25, 0.3) is 0 Å². The molecule has 3 heterocycles. The lowest BCUT2D eigenvalue weighted by Gasteiger charge is -2.17. The van der Waals surface area contributed by atoms with Crippen molar-refractivity contribution in [3.8, 4) is 0 Å². The van der Waals surface area contributed by atoms with Crippen LogP contribution in [-0.4, -0.2) is 61.8 Å². The minimum absolute atomic E-state index is 0.356. The highest BCUT2D eigenvalue weighted by atomic mass is 16.6. The standard InChI is InChI=1S/C12H16N4O4/c1-13-10-6-2-3-16(11(6)15-5-14-10)12-9(19)8(18)7(4-17)20-12/h2-3,5,7-9,12,17-19H,4H2,1H3,(H,13,14,15)/t7?,8?,9?,12-/m1/s1. The molecule has 2 aromatic heterocycles. The van der Waals surface area contributed by atoms with E-state index in [1.165, 1.54) is 6.33 Å². The van der Waals surface area contributed by atoms with Gasteiger partial charge in [0.05, 0.1) is 12.0 Å². The van der Waals surface area contributed by atoms with Gasteiger partial charge in [-0.25, -0.2) is 9.97 Å². The number of nitrogens with one attached hydrogen (secondary N) is 1. The third-order valence-corrected chi connectivity index (χ3v) is 3.54. The second-order valence-electron chi connectivity index (χ2n) is 4.66. The number of anilines is 1. The third kappa shape index (κ3) is 1.85. The summed E-state index contributed by atoms with van der Waals surface area (Å²) < 4.78 is 7.12. The number of fused-ring (bicyclic) bond motifs is 1. The molecule has 0 amide bonds. The molecule has 0 aromatic carbocycles. The molecule has 108 valence electrons. The Morgan fingerprint density at radius 3 is 2.80 bits per heavy atom. The normalized spacial score (nSPS) is 30.0. The largest absolute Gasteiger partial charge is 0.394 e. The Balaban J connectivity index is 2.03. The molecule has 1 fully saturated rings. The first-order valence-corrected chi connectivity index (χ1v) is 6.29. The van der Waals surface area contributed by atoms with E-state index in [0.29, 0.717) is 11.5 Å². The summed E-state index contributed by atoms with van der Waals surface area (Å²) in [6.45, 7) is -0.356. The molecule has 0 radical (unpaired) electrons. The van der Waals surface area contributed by atoms with Crippen molar-refractivity contribution < 1.29 is 20.1 Å². The summed E-state index contributed by atoms with van der Waals surface area (Å²) in [6, 6.07) is 1.80. The third-order valence-electron chi connectivity index (χ3n) is 3.54. The Morgan fingerprint density at radius 1 is 1.35 bits per heavy atom. The van der Waals surface area contributed by atoms with Crippen molar-refractivity contribution in [2.24, 2.45) is 0 Å². The van der Waals surface area contributed by atoms with Crippen LogP contribution in [-0.2, 0) is 4.74 Å². The molecule has 3 rings (SSSR count). The van der Waals surface area contributed by atoms with Crippen LogP contribution in [0.25, 0.3) is 11.0 Å². The SMILES string of the molecule is CNc1ncnc2c1ccn2[C@@H]1OC(CO)C(O)C1O. The highest BCUT2D eigenvalue weighted by molar-refractivity contribution is 5.87. The van der Waals surface area contributed by atoms with E-state index in [4.69, 9.17) is 9.84 Å². The monoisotopic (exact) mass is 280 g/mol. The number of hydrogen-bond donors (Lipinski definition) is 4. The maximum atomic E-state index is 10.1. The fourth-order valence-electron chi connectivity index (χ4n) is 2.49. The average molecular weight is 280 g/mol. The molecule has 8 heteroatoms. The predicted octanol–water partition coefficient (Wildman–Crippen LogP) is -0.916. The molecule has 4 atom stereocenters. The summed E-state index contributed by atoms with van der Waals surface area (Å²) in [5, 5.41) is 32.7. The van der Waals surface area contributed by atoms with Crippen molar-refractivity contribution in [1.82, 2.24) is 14.5 Å². The zero-order valence-corrected chi connectivity index (χ0v) is 10.8. The maximum absolute atomic E-state index is 10.1. The molecule has 4 N–H and O–H groups in total. The molecule has 1 aliphatic heterocycles. The molecule has 1 saturated heterocycles. The molecule has 3 unspecified atom stereocenters. The van der Waals surface area contributed by atoms with E-state index in [1.807, 2.05) is 0 Å². The van der Waals surface area contributed by atoms with Crippen LogP contribution in [0.4, 0.5) is 5.82 Å². The molecule has 2 aromatic rings. The van der Waals surface area contributed by atoms with Gasteiger partial charge in [-0.15, -0.1) is 0 Å². The van der Waals surface area contributed by atoms with Crippen LogP contribution in [0, 0.1) is 0 Å². The van der Waals surface area contributed by atoms with Crippen LogP contribution in [0.15, 0.2) is 18.6 Å². The molecule has 1 aliphatic rings. The van der Waals surface area contributed by atoms with Crippen molar-refractivity contribution >= 4 is 16.9 Å². The summed E-state index contributed by atoms with van der Waals surface area (Å²) in [5.74, 6) is 0.667. The lowest BCUT2D eigenvalue weighted by atomic mass is 10.1. The van der Waals surface area contributed by atoms with E-state index >= 15 is 0 Å². The van der Waals surface area contributed by atoms with E-state index in [0.717, 1.165) is 5.39 Å². The molecule has 0 bridgehead atoms. The fourth-order valence-corrected chi connectivity index (χ4v) is 2.49. The van der Waals surface area contributed by atoms with E-state index in [9.17, 15) is 10.2 Å². The van der Waals surface area contributed by atoms with Crippen LogP contribution in [0.5, 0.6) is 0 Å². The quantitative estimate of drug-likeness (QED) is 0.575. The number of nitrogens with zero attached hydrogens (tertiary/aromatic N) is 3. The fraction of sp³-hybridized carbons (Fsp3) is 0.500. The first-order valence-electron chi connectivity index (χ1n) is 6.29. The van der Waals surface area contributed by atoms with Gasteiger partial charge in [-0.05, 0) is 6.07 Å². The molecule has 0 saturated carbocycles. The first-order chi connectivity index (χ1) is 9.67. The second kappa shape index (κ2) is 4.98. The van der Waals surface area contributed by atoms with Crippen LogP contribution >= 0.6 is 0 Å². The Hall–Kier alpha value is -1.74. The van der Waals surface area contributed by atoms with Crippen molar-refractivity contribution in [1.29, 1.82) is 0 Å². The smallest absolute Gasteiger partial charge is 0.164 e. The van der Waals surface area contributed by atoms with Crippen LogP contribution in [0.2, 0.25) is 0 Å². The Kier molecular flexibility index (Phi) is 3.30. The lowest BCUT2D eigenvalue weighted by Crippen LogP contribution is -2.33. The van der Waals surface area contributed by atoms with Crippen molar-refractivity contribution in [3.05, 3.63) is 18.6 Å². The van der Waals surface area contributed by atoms with Crippen LogP contribution in [0.1, 0.15) is 6.23 Å². The summed E-state index contributed by atoms with van der Waals surface area (Å²) >= 11 is 0. The molecular weight excluding hydrogens is 264 g/mol. The molecule has 0 aliphatic carbocycles. The van der Waals surface area contributed by atoms with Crippen molar-refractivity contribution in [2.75, 3.05) is 19.0 Å². The maximum Gasteiger partial charge on any atom is 0.164 e. The minimum Gasteiger partial charge on any atom is -0.394 e. The highest BCUT2D eigenvalue weighted by Crippen LogP contribution is 2.32. The van der Waals surface area contributed by atoms with Gasteiger partial charge in [0, 0.05) is 13.2 Å². The van der Waals surface area contributed by atoms with Gasteiger partial charge in [0.1, 0.15) is 36.1 Å². The minimum atomic E-state index is -1.13. The van der Waals surface area contributed by atoms with E-state index < -0.39 is 24.5 Å². The number of rotatable bonds is 3. The molecule has 20 heavy (non-hydrogen) atoms. The molecular formula is C12H16N4O4. The van der Waals surface area contributed by atoms with Crippen molar-refractivity contribution in [2.45, 2.75) is 24.5 Å². The summed E-state index contributed by atoms with van der Waals surface area (Å²) in [4.78, 5) is 8.28. The van der Waals surface area contributed by atoms with Crippen LogP contribution < -0.4 is 5.32 Å². The Bertz CT molecular complexity index is 617. The summed E-state index contributed by atoms with van der Waals surface area (Å²) in [5.41, 5.74) is 0.583. The van der Waals surface area contributed by atoms with Crippen molar-refractivity contribution in [3.63, 3.8) is 0 Å². The Morgan fingerprint density at radius 2 is 2.15 bits per heavy atom. The predicted molar refractivity (Wildman–Crippen MR) is 70.1 cm³/mol. The van der Waals surface area contributed by atoms with E-state index in [2.05, 4.69) is 15.3 Å². The van der Waals surface area contributed by atoms with Gasteiger partial charge < -0.3 is 29.9 Å². The van der Waals surface area contributed by atoms with Gasteiger partial charge in [0.2, 0.25) is 0 Å². The number of aliphatic hydroxyl groups excluding tert-OH is 3. The number of ether oxygens (including phenoxy) is 1.